The number of rotatable bonds is 6. The highest BCUT2D eigenvalue weighted by molar-refractivity contribution is 14.1. The van der Waals surface area contributed by atoms with E-state index in [1.54, 1.807) is 30.3 Å². The summed E-state index contributed by atoms with van der Waals surface area (Å²) >= 11 is 19.6. The Labute approximate surface area is 232 Å². The highest BCUT2D eigenvalue weighted by atomic mass is 127. The molecule has 3 aromatic carbocycles. The predicted octanol–water partition coefficient (Wildman–Crippen LogP) is 6.57. The van der Waals surface area contributed by atoms with Gasteiger partial charge in [-0.1, -0.05) is 54.4 Å². The third-order valence-electron chi connectivity index (χ3n) is 5.37. The van der Waals surface area contributed by atoms with Crippen molar-refractivity contribution in [1.29, 1.82) is 0 Å². The van der Waals surface area contributed by atoms with Crippen molar-refractivity contribution < 1.29 is 14.3 Å². The molecular weight excluding hydrogens is 618 g/mol. The van der Waals surface area contributed by atoms with E-state index in [-0.39, 0.29) is 17.3 Å². The summed E-state index contributed by atoms with van der Waals surface area (Å²) in [6.07, 6.45) is 2.43. The fourth-order valence-corrected chi connectivity index (χ4v) is 4.90. The lowest BCUT2D eigenvalue weighted by Gasteiger charge is -2.29. The second-order valence-corrected chi connectivity index (χ2v) is 10.1. The van der Waals surface area contributed by atoms with Crippen LogP contribution in [0.1, 0.15) is 23.6 Å². The molecule has 0 aromatic heterocycles. The van der Waals surface area contributed by atoms with Gasteiger partial charge in [0.15, 0.2) is 5.11 Å². The number of thiocarbonyl (C=S) groups is 1. The van der Waals surface area contributed by atoms with Crippen LogP contribution in [0, 0.1) is 3.57 Å². The van der Waals surface area contributed by atoms with Gasteiger partial charge in [-0.2, -0.15) is 0 Å². The molecule has 1 saturated heterocycles. The average molecular weight is 637 g/mol. The van der Waals surface area contributed by atoms with Crippen molar-refractivity contribution in [3.05, 3.63) is 96.5 Å². The first-order chi connectivity index (χ1) is 16.8. The van der Waals surface area contributed by atoms with Gasteiger partial charge in [-0.3, -0.25) is 19.8 Å². The Morgan fingerprint density at radius 2 is 1.80 bits per heavy atom. The molecule has 3 aromatic rings. The second-order valence-electron chi connectivity index (χ2n) is 7.69. The highest BCUT2D eigenvalue weighted by Gasteiger charge is 2.34. The minimum atomic E-state index is -0.533. The number of aryl methyl sites for hydroxylation is 1. The molecule has 9 heteroatoms. The quantitative estimate of drug-likeness (QED) is 0.144. The Morgan fingerprint density at radius 1 is 1.06 bits per heavy atom. The van der Waals surface area contributed by atoms with Gasteiger partial charge in [0.25, 0.3) is 11.8 Å². The number of carbonyl (C=O) groups is 2. The number of amides is 2. The summed E-state index contributed by atoms with van der Waals surface area (Å²) in [4.78, 5) is 27.2. The van der Waals surface area contributed by atoms with Crippen LogP contribution in [0.15, 0.2) is 66.2 Å². The van der Waals surface area contributed by atoms with Gasteiger partial charge in [0.1, 0.15) is 17.9 Å². The third kappa shape index (κ3) is 5.86. The highest BCUT2D eigenvalue weighted by Crippen LogP contribution is 2.28. The van der Waals surface area contributed by atoms with Crippen LogP contribution in [0.5, 0.6) is 5.75 Å². The molecule has 1 fully saturated rings. The molecule has 5 nitrogen and oxygen atoms in total. The summed E-state index contributed by atoms with van der Waals surface area (Å²) in [7, 11) is 0. The van der Waals surface area contributed by atoms with Gasteiger partial charge in [-0.25, -0.2) is 0 Å². The monoisotopic (exact) mass is 636 g/mol. The Bertz CT molecular complexity index is 1360. The SMILES string of the molecule is CCc1ccc(N2C(=O)/C(=C/c3ccc(OCc4ccc(Cl)cc4Cl)c(I)c3)C(=O)NC2=S)cc1. The van der Waals surface area contributed by atoms with Crippen molar-refractivity contribution in [3.63, 3.8) is 0 Å². The molecule has 0 radical (unpaired) electrons. The van der Waals surface area contributed by atoms with E-state index < -0.39 is 11.8 Å². The normalized spacial score (nSPS) is 14.9. The molecular formula is C26H19Cl2IN2O3S. The topological polar surface area (TPSA) is 58.6 Å². The van der Waals surface area contributed by atoms with Gasteiger partial charge in [0.05, 0.1) is 9.26 Å². The van der Waals surface area contributed by atoms with E-state index in [0.29, 0.717) is 27.0 Å². The molecule has 0 atom stereocenters. The number of anilines is 1. The number of halogens is 3. The lowest BCUT2D eigenvalue weighted by atomic mass is 10.1. The fourth-order valence-electron chi connectivity index (χ4n) is 3.46. The van der Waals surface area contributed by atoms with E-state index in [1.807, 2.05) is 36.4 Å². The number of ether oxygens (including phenoxy) is 1. The van der Waals surface area contributed by atoms with Crippen molar-refractivity contribution in [2.75, 3.05) is 4.90 Å². The first-order valence-electron chi connectivity index (χ1n) is 10.6. The lowest BCUT2D eigenvalue weighted by Crippen LogP contribution is -2.54. The molecule has 0 spiro atoms. The maximum absolute atomic E-state index is 13.2. The van der Waals surface area contributed by atoms with Crippen molar-refractivity contribution in [1.82, 2.24) is 5.32 Å². The zero-order chi connectivity index (χ0) is 25.1. The van der Waals surface area contributed by atoms with E-state index in [1.165, 1.54) is 4.90 Å². The Kier molecular flexibility index (Phi) is 8.11. The lowest BCUT2D eigenvalue weighted by molar-refractivity contribution is -0.122. The molecule has 0 bridgehead atoms. The van der Waals surface area contributed by atoms with Gasteiger partial charge >= 0.3 is 0 Å². The predicted molar refractivity (Wildman–Crippen MR) is 152 cm³/mol. The van der Waals surface area contributed by atoms with E-state index in [4.69, 9.17) is 40.2 Å². The summed E-state index contributed by atoms with van der Waals surface area (Å²) < 4.78 is 6.72. The zero-order valence-electron chi connectivity index (χ0n) is 18.5. The van der Waals surface area contributed by atoms with Gasteiger partial charge in [-0.15, -0.1) is 0 Å². The van der Waals surface area contributed by atoms with Crippen LogP contribution in [-0.4, -0.2) is 16.9 Å². The Hall–Kier alpha value is -2.46. The molecule has 2 amide bonds. The maximum Gasteiger partial charge on any atom is 0.270 e. The summed E-state index contributed by atoms with van der Waals surface area (Å²) in [5.41, 5.74) is 3.22. The van der Waals surface area contributed by atoms with E-state index in [9.17, 15) is 9.59 Å². The van der Waals surface area contributed by atoms with Crippen molar-refractivity contribution >= 4 is 86.7 Å². The van der Waals surface area contributed by atoms with Crippen molar-refractivity contribution in [2.45, 2.75) is 20.0 Å². The average Bonchev–Trinajstić information content (AvgIpc) is 2.82. The number of hydrogen-bond donors (Lipinski definition) is 1. The van der Waals surface area contributed by atoms with Crippen LogP contribution in [0.3, 0.4) is 0 Å². The molecule has 0 aliphatic carbocycles. The second kappa shape index (κ2) is 11.1. The van der Waals surface area contributed by atoms with Crippen LogP contribution < -0.4 is 15.0 Å². The standard InChI is InChI=1S/C26H19Cl2IN2O3S/c1-2-15-3-8-19(9-4-15)31-25(33)20(24(32)30-26(31)35)11-16-5-10-23(22(29)12-16)34-14-17-6-7-18(27)13-21(17)28/h3-13H,2,14H2,1H3,(H,30,32,35)/b20-11+. The fraction of sp³-hybridized carbons (Fsp3) is 0.115. The molecule has 1 N–H and O–H groups in total. The third-order valence-corrected chi connectivity index (χ3v) is 7.08. The largest absolute Gasteiger partial charge is 0.488 e. The first-order valence-corrected chi connectivity index (χ1v) is 12.9. The summed E-state index contributed by atoms with van der Waals surface area (Å²) in [5, 5.41) is 3.76. The number of hydrogen-bond acceptors (Lipinski definition) is 4. The summed E-state index contributed by atoms with van der Waals surface area (Å²) in [6.45, 7) is 2.33. The Balaban J connectivity index is 1.55. The molecule has 1 heterocycles. The van der Waals surface area contributed by atoms with Gasteiger partial charge in [-0.05, 0) is 94.8 Å². The van der Waals surface area contributed by atoms with Crippen LogP contribution in [-0.2, 0) is 22.6 Å². The van der Waals surface area contributed by atoms with Crippen LogP contribution in [0.25, 0.3) is 6.08 Å². The molecule has 0 saturated carbocycles. The summed E-state index contributed by atoms with van der Waals surface area (Å²) in [5.74, 6) is -0.359. The van der Waals surface area contributed by atoms with Gasteiger partial charge < -0.3 is 4.74 Å². The number of benzene rings is 3. The molecule has 178 valence electrons. The molecule has 4 rings (SSSR count). The summed E-state index contributed by atoms with van der Waals surface area (Å²) in [6, 6.07) is 18.1. The number of nitrogens with zero attached hydrogens (tertiary/aromatic N) is 1. The van der Waals surface area contributed by atoms with Gasteiger partial charge in [0.2, 0.25) is 0 Å². The maximum atomic E-state index is 13.2. The molecule has 35 heavy (non-hydrogen) atoms. The van der Waals surface area contributed by atoms with Crippen LogP contribution in [0.4, 0.5) is 5.69 Å². The minimum Gasteiger partial charge on any atom is -0.488 e. The molecule has 0 unspecified atom stereocenters. The van der Waals surface area contributed by atoms with E-state index in [2.05, 4.69) is 34.8 Å². The smallest absolute Gasteiger partial charge is 0.270 e. The van der Waals surface area contributed by atoms with Crippen LogP contribution in [0.2, 0.25) is 10.0 Å². The minimum absolute atomic E-state index is 0.00409. The first kappa shape index (κ1) is 25.6. The zero-order valence-corrected chi connectivity index (χ0v) is 23.0. The van der Waals surface area contributed by atoms with Gasteiger partial charge in [0, 0.05) is 15.6 Å². The van der Waals surface area contributed by atoms with Crippen LogP contribution >= 0.6 is 58.0 Å². The number of carbonyl (C=O) groups excluding carboxylic acids is 2. The molecule has 1 aliphatic rings. The van der Waals surface area contributed by atoms with E-state index in [0.717, 1.165) is 21.1 Å². The van der Waals surface area contributed by atoms with Crippen molar-refractivity contribution in [2.24, 2.45) is 0 Å². The number of nitrogens with one attached hydrogen (secondary N) is 1. The Morgan fingerprint density at radius 3 is 2.46 bits per heavy atom. The molecule has 1 aliphatic heterocycles. The van der Waals surface area contributed by atoms with E-state index >= 15 is 0 Å². The van der Waals surface area contributed by atoms with Crippen molar-refractivity contribution in [3.8, 4) is 5.75 Å².